The summed E-state index contributed by atoms with van der Waals surface area (Å²) in [6, 6.07) is 7.33. The van der Waals surface area contributed by atoms with Crippen molar-refractivity contribution in [3.63, 3.8) is 0 Å². The Kier molecular flexibility index (Phi) is 6.12. The lowest BCUT2D eigenvalue weighted by atomic mass is 10.0. The van der Waals surface area contributed by atoms with Crippen molar-refractivity contribution in [3.8, 4) is 0 Å². The number of rotatable bonds is 5. The molecule has 2 aromatic rings. The lowest BCUT2D eigenvalue weighted by Crippen LogP contribution is -2.36. The fraction of sp³-hybridized carbons (Fsp3) is 0.125. The van der Waals surface area contributed by atoms with Crippen molar-refractivity contribution in [2.45, 2.75) is 12.7 Å². The number of benzene rings is 2. The first-order valence-corrected chi connectivity index (χ1v) is 7.88. The zero-order valence-corrected chi connectivity index (χ0v) is 14.6. The van der Waals surface area contributed by atoms with Gasteiger partial charge in [0.1, 0.15) is 5.71 Å². The molecule has 0 spiro atoms. The summed E-state index contributed by atoms with van der Waals surface area (Å²) in [4.78, 5) is 11.6. The minimum atomic E-state index is -4.58. The minimum Gasteiger partial charge on any atom is -0.380 e. The highest BCUT2D eigenvalue weighted by atomic mass is 35.5. The van der Waals surface area contributed by atoms with E-state index in [1.54, 1.807) is 17.6 Å². The average molecular weight is 405 g/mol. The van der Waals surface area contributed by atoms with Gasteiger partial charge >= 0.3 is 6.18 Å². The number of carbonyl (C=O) groups excluding carboxylic acids is 1. The molecule has 2 aromatic carbocycles. The molecule has 138 valence electrons. The Balaban J connectivity index is 2.39. The van der Waals surface area contributed by atoms with Gasteiger partial charge in [-0.15, -0.1) is 0 Å². The monoisotopic (exact) mass is 404 g/mol. The van der Waals surface area contributed by atoms with Crippen LogP contribution < -0.4 is 16.6 Å². The zero-order valence-electron chi connectivity index (χ0n) is 13.0. The molecule has 0 atom stereocenters. The van der Waals surface area contributed by atoms with E-state index in [0.717, 1.165) is 18.2 Å². The first kappa shape index (κ1) is 20.0. The molecule has 2 rings (SSSR count). The smallest absolute Gasteiger partial charge is 0.380 e. The number of nitrogens with one attached hydrogen (secondary N) is 3. The summed E-state index contributed by atoms with van der Waals surface area (Å²) < 4.78 is 38.9. The second-order valence-electron chi connectivity index (χ2n) is 5.20. The van der Waals surface area contributed by atoms with Crippen molar-refractivity contribution in [2.24, 2.45) is 5.84 Å². The van der Waals surface area contributed by atoms with Crippen LogP contribution in [0.5, 0.6) is 0 Å². The molecule has 0 saturated carbocycles. The molecule has 0 bridgehead atoms. The summed E-state index contributed by atoms with van der Waals surface area (Å²) in [6.07, 6.45) is -4.58. The molecule has 0 heterocycles. The van der Waals surface area contributed by atoms with Gasteiger partial charge < -0.3 is 5.32 Å². The topological polar surface area (TPSA) is 91.0 Å². The van der Waals surface area contributed by atoms with Crippen LogP contribution in [0.3, 0.4) is 0 Å². The third-order valence-corrected chi connectivity index (χ3v) is 4.05. The molecule has 0 aliphatic rings. The quantitative estimate of drug-likeness (QED) is 0.263. The number of amides is 1. The molecule has 0 aliphatic heterocycles. The van der Waals surface area contributed by atoms with Crippen LogP contribution in [0, 0.1) is 5.41 Å². The third-order valence-electron chi connectivity index (χ3n) is 3.46. The molecular formula is C16H13Cl2F3N4O. The van der Waals surface area contributed by atoms with Gasteiger partial charge in [-0.3, -0.25) is 15.6 Å². The molecule has 0 aliphatic carbocycles. The number of hydrazine groups is 1. The van der Waals surface area contributed by atoms with E-state index < -0.39 is 23.4 Å². The molecule has 0 radical (unpaired) electrons. The van der Waals surface area contributed by atoms with E-state index in [1.165, 1.54) is 6.07 Å². The Bertz CT molecular complexity index is 856. The van der Waals surface area contributed by atoms with E-state index in [2.05, 4.69) is 5.32 Å². The SMILES string of the molecule is N=C(C(=O)NN)c1ccc(C(F)(F)F)cc1NCc1ccc(Cl)cc1Cl. The molecule has 0 aromatic heterocycles. The highest BCUT2D eigenvalue weighted by Crippen LogP contribution is 2.33. The van der Waals surface area contributed by atoms with E-state index in [9.17, 15) is 18.0 Å². The van der Waals surface area contributed by atoms with Gasteiger partial charge in [-0.2, -0.15) is 13.2 Å². The van der Waals surface area contributed by atoms with Gasteiger partial charge in [-0.1, -0.05) is 29.3 Å². The van der Waals surface area contributed by atoms with Gasteiger partial charge in [-0.25, -0.2) is 5.84 Å². The highest BCUT2D eigenvalue weighted by molar-refractivity contribution is 6.45. The Morgan fingerprint density at radius 3 is 2.42 bits per heavy atom. The maximum atomic E-state index is 13.0. The molecule has 1 amide bonds. The number of nitrogens with two attached hydrogens (primary N) is 1. The Morgan fingerprint density at radius 2 is 1.85 bits per heavy atom. The maximum Gasteiger partial charge on any atom is 0.416 e. The molecule has 5 nitrogen and oxygen atoms in total. The third kappa shape index (κ3) is 4.66. The van der Waals surface area contributed by atoms with Crippen molar-refractivity contribution in [1.29, 1.82) is 5.41 Å². The van der Waals surface area contributed by atoms with Gasteiger partial charge in [0, 0.05) is 27.8 Å². The normalized spacial score (nSPS) is 11.2. The molecule has 0 unspecified atom stereocenters. The summed E-state index contributed by atoms with van der Waals surface area (Å²) in [5.41, 5.74) is 0.759. The van der Waals surface area contributed by atoms with E-state index in [4.69, 9.17) is 34.5 Å². The standard InChI is InChI=1S/C16H13Cl2F3N4O/c17-10-3-1-8(12(18)6-10)7-24-13-5-9(16(19,20)21)2-4-11(13)14(22)15(26)25-23/h1-6,22,24H,7,23H2,(H,25,26). The number of anilines is 1. The predicted molar refractivity (Wildman–Crippen MR) is 94.4 cm³/mol. The summed E-state index contributed by atoms with van der Waals surface area (Å²) in [6.45, 7) is 0.0574. The van der Waals surface area contributed by atoms with Gasteiger partial charge in [0.05, 0.1) is 5.56 Å². The van der Waals surface area contributed by atoms with E-state index in [0.29, 0.717) is 15.6 Å². The lowest BCUT2D eigenvalue weighted by molar-refractivity contribution is -0.137. The number of carbonyl (C=O) groups is 1. The number of hydrogen-bond acceptors (Lipinski definition) is 4. The second-order valence-corrected chi connectivity index (χ2v) is 6.04. The van der Waals surface area contributed by atoms with Crippen LogP contribution in [0.1, 0.15) is 16.7 Å². The minimum absolute atomic E-state index is 0.0361. The van der Waals surface area contributed by atoms with E-state index in [1.807, 2.05) is 0 Å². The van der Waals surface area contributed by atoms with Crippen LogP contribution in [-0.4, -0.2) is 11.6 Å². The molecule has 0 fully saturated rings. The first-order chi connectivity index (χ1) is 12.1. The molecule has 10 heteroatoms. The molecule has 26 heavy (non-hydrogen) atoms. The van der Waals surface area contributed by atoms with Crippen molar-refractivity contribution >= 4 is 40.5 Å². The lowest BCUT2D eigenvalue weighted by Gasteiger charge is -2.16. The summed E-state index contributed by atoms with van der Waals surface area (Å²) in [7, 11) is 0. The van der Waals surface area contributed by atoms with Crippen molar-refractivity contribution in [3.05, 3.63) is 63.1 Å². The number of halogens is 5. The van der Waals surface area contributed by atoms with E-state index in [-0.39, 0.29) is 17.8 Å². The predicted octanol–water partition coefficient (Wildman–Crippen LogP) is 3.98. The Hall–Kier alpha value is -2.29. The maximum absolute atomic E-state index is 13.0. The number of hydrogen-bond donors (Lipinski definition) is 4. The van der Waals surface area contributed by atoms with Crippen LogP contribution in [0.15, 0.2) is 36.4 Å². The largest absolute Gasteiger partial charge is 0.416 e. The fourth-order valence-electron chi connectivity index (χ4n) is 2.13. The van der Waals surface area contributed by atoms with Crippen LogP contribution in [-0.2, 0) is 17.5 Å². The Morgan fingerprint density at radius 1 is 1.15 bits per heavy atom. The van der Waals surface area contributed by atoms with Crippen LogP contribution in [0.2, 0.25) is 10.0 Å². The second kappa shape index (κ2) is 7.94. The molecular weight excluding hydrogens is 392 g/mol. The highest BCUT2D eigenvalue weighted by Gasteiger charge is 2.31. The van der Waals surface area contributed by atoms with E-state index >= 15 is 0 Å². The average Bonchev–Trinajstić information content (AvgIpc) is 2.58. The molecule has 0 saturated heterocycles. The summed E-state index contributed by atoms with van der Waals surface area (Å²) >= 11 is 11.9. The van der Waals surface area contributed by atoms with Crippen molar-refractivity contribution < 1.29 is 18.0 Å². The Labute approximate surface area is 156 Å². The van der Waals surface area contributed by atoms with Gasteiger partial charge in [0.15, 0.2) is 0 Å². The summed E-state index contributed by atoms with van der Waals surface area (Å²) in [5, 5.41) is 11.3. The van der Waals surface area contributed by atoms with Crippen LogP contribution >= 0.6 is 23.2 Å². The van der Waals surface area contributed by atoms with Gasteiger partial charge in [0.25, 0.3) is 5.91 Å². The fourth-order valence-corrected chi connectivity index (χ4v) is 2.61. The zero-order chi connectivity index (χ0) is 19.5. The summed E-state index contributed by atoms with van der Waals surface area (Å²) in [5.74, 6) is 4.05. The van der Waals surface area contributed by atoms with Gasteiger partial charge in [0.2, 0.25) is 0 Å². The van der Waals surface area contributed by atoms with Crippen molar-refractivity contribution in [1.82, 2.24) is 5.43 Å². The first-order valence-electron chi connectivity index (χ1n) is 7.12. The number of alkyl halides is 3. The van der Waals surface area contributed by atoms with Crippen LogP contribution in [0.25, 0.3) is 0 Å². The molecule has 5 N–H and O–H groups in total. The van der Waals surface area contributed by atoms with Crippen LogP contribution in [0.4, 0.5) is 18.9 Å². The van der Waals surface area contributed by atoms with Crippen molar-refractivity contribution in [2.75, 3.05) is 5.32 Å². The van der Waals surface area contributed by atoms with Gasteiger partial charge in [-0.05, 0) is 35.9 Å².